The monoisotopic (exact) mass is 255 g/mol. The number of nitrogens with one attached hydrogen (secondary N) is 1. The molecule has 1 atom stereocenters. The fourth-order valence-electron chi connectivity index (χ4n) is 2.02. The lowest BCUT2D eigenvalue weighted by molar-refractivity contribution is 0.176. The van der Waals surface area contributed by atoms with Crippen molar-refractivity contribution in [1.29, 1.82) is 5.26 Å². The Morgan fingerprint density at radius 2 is 2.21 bits per heavy atom. The van der Waals surface area contributed by atoms with E-state index in [1.54, 1.807) is 6.07 Å². The van der Waals surface area contributed by atoms with E-state index in [0.717, 1.165) is 23.7 Å². The summed E-state index contributed by atoms with van der Waals surface area (Å²) in [5.74, 6) is 0.630. The second-order valence-electron chi connectivity index (χ2n) is 4.51. The Kier molecular flexibility index (Phi) is 4.32. The van der Waals surface area contributed by atoms with Crippen molar-refractivity contribution in [1.82, 2.24) is 4.98 Å². The number of nitrogens with zero attached hydrogens (tertiary/aromatic N) is 2. The Morgan fingerprint density at radius 1 is 1.42 bits per heavy atom. The lowest BCUT2D eigenvalue weighted by Gasteiger charge is -2.12. The van der Waals surface area contributed by atoms with E-state index < -0.39 is 0 Å². The first-order valence-corrected chi connectivity index (χ1v) is 6.46. The standard InChI is InChI=1S/C15H17N3O/c1-2-5-12(19)10-17-15-8-11(9-16)13-6-3-4-7-14(13)18-15/h3-4,6-8,12,19H,2,5,10H2,1H3,(H,17,18). The largest absolute Gasteiger partial charge is 0.391 e. The van der Waals surface area contributed by atoms with Gasteiger partial charge in [-0.3, -0.25) is 0 Å². The van der Waals surface area contributed by atoms with E-state index >= 15 is 0 Å². The fourth-order valence-corrected chi connectivity index (χ4v) is 2.02. The average Bonchev–Trinajstić information content (AvgIpc) is 2.44. The first-order valence-electron chi connectivity index (χ1n) is 6.46. The van der Waals surface area contributed by atoms with Crippen LogP contribution in [0.3, 0.4) is 0 Å². The summed E-state index contributed by atoms with van der Waals surface area (Å²) in [7, 11) is 0. The minimum atomic E-state index is -0.385. The molecule has 1 aromatic carbocycles. The molecule has 0 fully saturated rings. The fraction of sp³-hybridized carbons (Fsp3) is 0.333. The Hall–Kier alpha value is -2.12. The van der Waals surface area contributed by atoms with Crippen LogP contribution in [0.2, 0.25) is 0 Å². The Labute approximate surface area is 112 Å². The van der Waals surface area contributed by atoms with Crippen molar-refractivity contribution in [3.05, 3.63) is 35.9 Å². The van der Waals surface area contributed by atoms with Crippen molar-refractivity contribution in [2.45, 2.75) is 25.9 Å². The third-order valence-electron chi connectivity index (χ3n) is 2.98. The van der Waals surface area contributed by atoms with Crippen LogP contribution in [0.25, 0.3) is 10.9 Å². The highest BCUT2D eigenvalue weighted by molar-refractivity contribution is 5.86. The summed E-state index contributed by atoms with van der Waals surface area (Å²) in [4.78, 5) is 4.44. The summed E-state index contributed by atoms with van der Waals surface area (Å²) in [6.07, 6.45) is 1.31. The lowest BCUT2D eigenvalue weighted by Crippen LogP contribution is -2.19. The second kappa shape index (κ2) is 6.17. The van der Waals surface area contributed by atoms with Gasteiger partial charge in [0.15, 0.2) is 0 Å². The third kappa shape index (κ3) is 3.21. The molecule has 0 aliphatic heterocycles. The molecule has 0 saturated heterocycles. The minimum absolute atomic E-state index is 0.385. The molecule has 19 heavy (non-hydrogen) atoms. The maximum Gasteiger partial charge on any atom is 0.128 e. The number of anilines is 1. The highest BCUT2D eigenvalue weighted by atomic mass is 16.3. The smallest absolute Gasteiger partial charge is 0.128 e. The first-order chi connectivity index (χ1) is 9.24. The van der Waals surface area contributed by atoms with Crippen LogP contribution in [0.4, 0.5) is 5.82 Å². The highest BCUT2D eigenvalue weighted by Crippen LogP contribution is 2.19. The number of aliphatic hydroxyl groups is 1. The number of rotatable bonds is 5. The Morgan fingerprint density at radius 3 is 2.95 bits per heavy atom. The number of hydrogen-bond donors (Lipinski definition) is 2. The normalized spacial score (nSPS) is 12.1. The van der Waals surface area contributed by atoms with Crippen molar-refractivity contribution >= 4 is 16.7 Å². The molecule has 0 spiro atoms. The van der Waals surface area contributed by atoms with Gasteiger partial charge in [0.05, 0.1) is 23.3 Å². The van der Waals surface area contributed by atoms with Gasteiger partial charge in [0.2, 0.25) is 0 Å². The molecule has 0 saturated carbocycles. The molecule has 2 rings (SSSR count). The number of pyridine rings is 1. The highest BCUT2D eigenvalue weighted by Gasteiger charge is 2.07. The van der Waals surface area contributed by atoms with E-state index in [1.165, 1.54) is 0 Å². The second-order valence-corrected chi connectivity index (χ2v) is 4.51. The number of aromatic nitrogens is 1. The molecule has 1 unspecified atom stereocenters. The molecule has 0 amide bonds. The van der Waals surface area contributed by atoms with Crippen molar-refractivity contribution in [3.8, 4) is 6.07 Å². The van der Waals surface area contributed by atoms with Crippen LogP contribution in [0.5, 0.6) is 0 Å². The summed E-state index contributed by atoms with van der Waals surface area (Å²) in [5.41, 5.74) is 1.38. The van der Waals surface area contributed by atoms with Crippen LogP contribution in [-0.2, 0) is 0 Å². The zero-order valence-corrected chi connectivity index (χ0v) is 10.9. The van der Waals surface area contributed by atoms with E-state index in [0.29, 0.717) is 17.9 Å². The topological polar surface area (TPSA) is 68.9 Å². The summed E-state index contributed by atoms with van der Waals surface area (Å²) in [6, 6.07) is 11.5. The Bertz CT molecular complexity index is 604. The van der Waals surface area contributed by atoms with Gasteiger partial charge in [-0.05, 0) is 18.6 Å². The van der Waals surface area contributed by atoms with Gasteiger partial charge in [-0.25, -0.2) is 4.98 Å². The summed E-state index contributed by atoms with van der Waals surface area (Å²) in [6.45, 7) is 2.48. The van der Waals surface area contributed by atoms with Crippen molar-refractivity contribution in [2.24, 2.45) is 0 Å². The van der Waals surface area contributed by atoms with E-state index in [4.69, 9.17) is 5.26 Å². The van der Waals surface area contributed by atoms with Gasteiger partial charge in [-0.2, -0.15) is 5.26 Å². The molecular formula is C15H17N3O. The SMILES string of the molecule is CCCC(O)CNc1cc(C#N)c2ccccc2n1. The predicted octanol–water partition coefficient (Wildman–Crippen LogP) is 2.68. The molecule has 2 aromatic rings. The molecule has 2 N–H and O–H groups in total. The number of benzene rings is 1. The molecule has 1 heterocycles. The van der Waals surface area contributed by atoms with Crippen LogP contribution in [-0.4, -0.2) is 22.7 Å². The maximum absolute atomic E-state index is 9.69. The molecule has 0 aliphatic rings. The van der Waals surface area contributed by atoms with Crippen molar-refractivity contribution in [3.63, 3.8) is 0 Å². The summed E-state index contributed by atoms with van der Waals surface area (Å²) < 4.78 is 0. The van der Waals surface area contributed by atoms with Gasteiger partial charge in [0, 0.05) is 11.9 Å². The van der Waals surface area contributed by atoms with Gasteiger partial charge >= 0.3 is 0 Å². The predicted molar refractivity (Wildman–Crippen MR) is 75.9 cm³/mol. The number of para-hydroxylation sites is 1. The van der Waals surface area contributed by atoms with Crippen LogP contribution >= 0.6 is 0 Å². The molecule has 4 heteroatoms. The number of nitriles is 1. The number of fused-ring (bicyclic) bond motifs is 1. The molecule has 0 radical (unpaired) electrons. The average molecular weight is 255 g/mol. The van der Waals surface area contributed by atoms with Crippen molar-refractivity contribution < 1.29 is 5.11 Å². The molecule has 0 aliphatic carbocycles. The summed E-state index contributed by atoms with van der Waals surface area (Å²) in [5, 5.41) is 22.8. The van der Waals surface area contributed by atoms with E-state index in [-0.39, 0.29) is 6.10 Å². The van der Waals surface area contributed by atoms with Crippen LogP contribution in [0, 0.1) is 11.3 Å². The van der Waals surface area contributed by atoms with Crippen LogP contribution < -0.4 is 5.32 Å². The Balaban J connectivity index is 2.23. The van der Waals surface area contributed by atoms with E-state index in [1.807, 2.05) is 31.2 Å². The van der Waals surface area contributed by atoms with E-state index in [2.05, 4.69) is 16.4 Å². The maximum atomic E-state index is 9.69. The quantitative estimate of drug-likeness (QED) is 0.861. The lowest BCUT2D eigenvalue weighted by atomic mass is 10.1. The van der Waals surface area contributed by atoms with Gasteiger partial charge in [-0.1, -0.05) is 31.5 Å². The van der Waals surface area contributed by atoms with Crippen LogP contribution in [0.15, 0.2) is 30.3 Å². The number of hydrogen-bond acceptors (Lipinski definition) is 4. The zero-order valence-electron chi connectivity index (χ0n) is 10.9. The molecular weight excluding hydrogens is 238 g/mol. The van der Waals surface area contributed by atoms with Gasteiger partial charge in [-0.15, -0.1) is 0 Å². The van der Waals surface area contributed by atoms with Gasteiger partial charge in [0.1, 0.15) is 5.82 Å². The van der Waals surface area contributed by atoms with Crippen molar-refractivity contribution in [2.75, 3.05) is 11.9 Å². The third-order valence-corrected chi connectivity index (χ3v) is 2.98. The zero-order chi connectivity index (χ0) is 13.7. The van der Waals surface area contributed by atoms with Crippen LogP contribution in [0.1, 0.15) is 25.3 Å². The molecule has 4 nitrogen and oxygen atoms in total. The minimum Gasteiger partial charge on any atom is -0.391 e. The van der Waals surface area contributed by atoms with Gasteiger partial charge in [0.25, 0.3) is 0 Å². The number of aliphatic hydroxyl groups excluding tert-OH is 1. The first kappa shape index (κ1) is 13.3. The molecule has 98 valence electrons. The summed E-state index contributed by atoms with van der Waals surface area (Å²) >= 11 is 0. The molecule has 0 bridgehead atoms. The van der Waals surface area contributed by atoms with E-state index in [9.17, 15) is 5.11 Å². The van der Waals surface area contributed by atoms with Gasteiger partial charge < -0.3 is 10.4 Å². The molecule has 1 aromatic heterocycles.